The lowest BCUT2D eigenvalue weighted by molar-refractivity contribution is 0.310. The van der Waals surface area contributed by atoms with Crippen molar-refractivity contribution in [1.82, 2.24) is 20.1 Å². The highest BCUT2D eigenvalue weighted by Crippen LogP contribution is 2.28. The molecule has 0 saturated carbocycles. The van der Waals surface area contributed by atoms with Gasteiger partial charge in [-0.2, -0.15) is 0 Å². The van der Waals surface area contributed by atoms with Crippen LogP contribution in [0.1, 0.15) is 31.3 Å². The summed E-state index contributed by atoms with van der Waals surface area (Å²) >= 11 is 0. The van der Waals surface area contributed by atoms with E-state index in [-0.39, 0.29) is 6.04 Å². The zero-order chi connectivity index (χ0) is 15.2. The minimum Gasteiger partial charge on any atom is -0.493 e. The van der Waals surface area contributed by atoms with Crippen LogP contribution in [0, 0.1) is 0 Å². The number of hydrogen-bond donors (Lipinski definition) is 1. The summed E-state index contributed by atoms with van der Waals surface area (Å²) < 4.78 is 12.8. The first kappa shape index (κ1) is 15.3. The van der Waals surface area contributed by atoms with Crippen LogP contribution in [-0.2, 0) is 13.6 Å². The Balaban J connectivity index is 2.03. The molecule has 0 aliphatic carbocycles. The third-order valence-electron chi connectivity index (χ3n) is 3.27. The summed E-state index contributed by atoms with van der Waals surface area (Å²) in [6.07, 6.45) is 1.70. The van der Waals surface area contributed by atoms with Gasteiger partial charge in [-0.3, -0.25) is 0 Å². The van der Waals surface area contributed by atoms with Crippen molar-refractivity contribution in [2.75, 3.05) is 13.7 Å². The van der Waals surface area contributed by atoms with Gasteiger partial charge in [0.25, 0.3) is 0 Å². The van der Waals surface area contributed by atoms with Crippen LogP contribution < -0.4 is 14.8 Å². The number of rotatable bonds is 7. The summed E-state index contributed by atoms with van der Waals surface area (Å²) in [5, 5.41) is 11.4. The molecule has 6 heteroatoms. The topological polar surface area (TPSA) is 61.2 Å². The molecule has 0 fully saturated rings. The van der Waals surface area contributed by atoms with Gasteiger partial charge in [0.2, 0.25) is 0 Å². The normalized spacial score (nSPS) is 12.2. The summed E-state index contributed by atoms with van der Waals surface area (Å²) in [5.41, 5.74) is 1.13. The minimum atomic E-state index is 0.121. The highest BCUT2D eigenvalue weighted by atomic mass is 16.5. The molecular weight excluding hydrogens is 268 g/mol. The fourth-order valence-corrected chi connectivity index (χ4v) is 2.15. The molecule has 1 aromatic carbocycles. The van der Waals surface area contributed by atoms with Crippen molar-refractivity contribution in [3.63, 3.8) is 0 Å². The van der Waals surface area contributed by atoms with Gasteiger partial charge in [-0.15, -0.1) is 10.2 Å². The molecule has 0 amide bonds. The maximum Gasteiger partial charge on any atom is 0.161 e. The lowest BCUT2D eigenvalue weighted by atomic mass is 10.2. The monoisotopic (exact) mass is 290 g/mol. The van der Waals surface area contributed by atoms with Crippen molar-refractivity contribution in [3.05, 3.63) is 35.9 Å². The van der Waals surface area contributed by atoms with Gasteiger partial charge in [0.05, 0.1) is 19.8 Å². The smallest absolute Gasteiger partial charge is 0.161 e. The molecule has 0 saturated heterocycles. The summed E-state index contributed by atoms with van der Waals surface area (Å²) in [6.45, 7) is 5.36. The number of ether oxygens (including phenoxy) is 2. The number of methoxy groups -OCH3 is 1. The predicted octanol–water partition coefficient (Wildman–Crippen LogP) is 2.07. The first-order valence-corrected chi connectivity index (χ1v) is 7.02. The second-order valence-electron chi connectivity index (χ2n) is 4.82. The van der Waals surface area contributed by atoms with E-state index in [1.54, 1.807) is 13.4 Å². The zero-order valence-corrected chi connectivity index (χ0v) is 13.0. The zero-order valence-electron chi connectivity index (χ0n) is 13.0. The average molecular weight is 290 g/mol. The van der Waals surface area contributed by atoms with Crippen molar-refractivity contribution >= 4 is 0 Å². The Morgan fingerprint density at radius 1 is 1.33 bits per heavy atom. The molecule has 2 aromatic rings. The largest absolute Gasteiger partial charge is 0.493 e. The van der Waals surface area contributed by atoms with Gasteiger partial charge in [0.1, 0.15) is 12.2 Å². The number of nitrogens with zero attached hydrogens (tertiary/aromatic N) is 3. The molecule has 1 N–H and O–H groups in total. The van der Waals surface area contributed by atoms with E-state index in [0.29, 0.717) is 6.61 Å². The Hall–Kier alpha value is -2.08. The Bertz CT molecular complexity index is 583. The first-order chi connectivity index (χ1) is 10.2. The molecular formula is C15H22N4O2. The third kappa shape index (κ3) is 3.72. The number of aryl methyl sites for hydroxylation is 1. The van der Waals surface area contributed by atoms with Crippen LogP contribution in [0.5, 0.6) is 11.5 Å². The molecule has 1 atom stereocenters. The van der Waals surface area contributed by atoms with Crippen LogP contribution in [0.15, 0.2) is 24.5 Å². The first-order valence-electron chi connectivity index (χ1n) is 7.02. The van der Waals surface area contributed by atoms with E-state index in [4.69, 9.17) is 9.47 Å². The van der Waals surface area contributed by atoms with Gasteiger partial charge >= 0.3 is 0 Å². The minimum absolute atomic E-state index is 0.121. The highest BCUT2D eigenvalue weighted by Gasteiger charge is 2.11. The number of benzene rings is 1. The molecule has 1 heterocycles. The summed E-state index contributed by atoms with van der Waals surface area (Å²) in [7, 11) is 3.58. The molecule has 0 bridgehead atoms. The Kier molecular flexibility index (Phi) is 5.16. The Morgan fingerprint density at radius 3 is 2.76 bits per heavy atom. The molecule has 0 radical (unpaired) electrons. The molecule has 0 aliphatic heterocycles. The third-order valence-corrected chi connectivity index (χ3v) is 3.27. The van der Waals surface area contributed by atoms with Gasteiger partial charge in [0, 0.05) is 13.6 Å². The summed E-state index contributed by atoms with van der Waals surface area (Å²) in [6, 6.07) is 6.07. The number of nitrogens with one attached hydrogen (secondary N) is 1. The van der Waals surface area contributed by atoms with Gasteiger partial charge in [-0.05, 0) is 31.5 Å². The summed E-state index contributed by atoms with van der Waals surface area (Å²) in [5.74, 6) is 2.43. The second kappa shape index (κ2) is 7.08. The standard InChI is InChI=1S/C15H22N4O2/c1-5-21-14-8-12(6-7-13(14)20-4)9-16-11(2)15-18-17-10-19(15)3/h6-8,10-11,16H,5,9H2,1-4H3. The van der Waals surface area contributed by atoms with E-state index in [1.807, 2.05) is 36.7 Å². The van der Waals surface area contributed by atoms with Crippen molar-refractivity contribution < 1.29 is 9.47 Å². The van der Waals surface area contributed by atoms with Crippen molar-refractivity contribution in [3.8, 4) is 11.5 Å². The maximum absolute atomic E-state index is 5.59. The molecule has 0 spiro atoms. The van der Waals surface area contributed by atoms with Crippen LogP contribution in [0.25, 0.3) is 0 Å². The number of aromatic nitrogens is 3. The lowest BCUT2D eigenvalue weighted by Gasteiger charge is -2.15. The fraction of sp³-hybridized carbons (Fsp3) is 0.467. The molecule has 114 valence electrons. The van der Waals surface area contributed by atoms with E-state index in [2.05, 4.69) is 22.4 Å². The SMILES string of the molecule is CCOc1cc(CNC(C)c2nncn2C)ccc1OC. The number of hydrogen-bond acceptors (Lipinski definition) is 5. The quantitative estimate of drug-likeness (QED) is 0.846. The lowest BCUT2D eigenvalue weighted by Crippen LogP contribution is -2.21. The van der Waals surface area contributed by atoms with Crippen molar-refractivity contribution in [2.45, 2.75) is 26.4 Å². The van der Waals surface area contributed by atoms with E-state index in [1.165, 1.54) is 0 Å². The summed E-state index contributed by atoms with van der Waals surface area (Å²) in [4.78, 5) is 0. The van der Waals surface area contributed by atoms with Gasteiger partial charge in [0.15, 0.2) is 11.5 Å². The maximum atomic E-state index is 5.59. The molecule has 21 heavy (non-hydrogen) atoms. The van der Waals surface area contributed by atoms with Gasteiger partial charge < -0.3 is 19.4 Å². The van der Waals surface area contributed by atoms with Gasteiger partial charge in [-0.25, -0.2) is 0 Å². The van der Waals surface area contributed by atoms with Gasteiger partial charge in [-0.1, -0.05) is 6.07 Å². The predicted molar refractivity (Wildman–Crippen MR) is 80.4 cm³/mol. The van der Waals surface area contributed by atoms with Crippen molar-refractivity contribution in [2.24, 2.45) is 7.05 Å². The Labute approximate surface area is 125 Å². The second-order valence-corrected chi connectivity index (χ2v) is 4.82. The van der Waals surface area contributed by atoms with E-state index < -0.39 is 0 Å². The van der Waals surface area contributed by atoms with Crippen LogP contribution in [0.3, 0.4) is 0 Å². The molecule has 1 aromatic heterocycles. The van der Waals surface area contributed by atoms with E-state index in [9.17, 15) is 0 Å². The van der Waals surface area contributed by atoms with Crippen molar-refractivity contribution in [1.29, 1.82) is 0 Å². The molecule has 0 aliphatic rings. The van der Waals surface area contributed by atoms with Crippen LogP contribution in [-0.4, -0.2) is 28.5 Å². The fourth-order valence-electron chi connectivity index (χ4n) is 2.15. The Morgan fingerprint density at radius 2 is 2.14 bits per heavy atom. The average Bonchev–Trinajstić information content (AvgIpc) is 2.91. The van der Waals surface area contributed by atoms with Crippen LogP contribution in [0.4, 0.5) is 0 Å². The van der Waals surface area contributed by atoms with E-state index >= 15 is 0 Å². The molecule has 2 rings (SSSR count). The molecule has 6 nitrogen and oxygen atoms in total. The van der Waals surface area contributed by atoms with Crippen LogP contribution in [0.2, 0.25) is 0 Å². The van der Waals surface area contributed by atoms with E-state index in [0.717, 1.165) is 29.4 Å². The highest BCUT2D eigenvalue weighted by molar-refractivity contribution is 5.42. The van der Waals surface area contributed by atoms with Crippen LogP contribution >= 0.6 is 0 Å². The molecule has 1 unspecified atom stereocenters.